The number of thiazole rings is 1. The summed E-state index contributed by atoms with van der Waals surface area (Å²) in [5.41, 5.74) is 4.79. The van der Waals surface area contributed by atoms with Gasteiger partial charge in [-0.3, -0.25) is 4.98 Å². The molecule has 0 aliphatic heterocycles. The van der Waals surface area contributed by atoms with Gasteiger partial charge in [-0.1, -0.05) is 18.2 Å². The van der Waals surface area contributed by atoms with Crippen LogP contribution in [0.5, 0.6) is 0 Å². The molecule has 0 bridgehead atoms. The smallest absolute Gasteiger partial charge is 0.225 e. The fourth-order valence-electron chi connectivity index (χ4n) is 5.68. The number of rotatable bonds is 8. The van der Waals surface area contributed by atoms with E-state index in [1.165, 1.54) is 12.8 Å². The van der Waals surface area contributed by atoms with E-state index in [-0.39, 0.29) is 18.7 Å². The molecule has 0 radical (unpaired) electrons. The lowest BCUT2D eigenvalue weighted by molar-refractivity contribution is 0.229. The highest BCUT2D eigenvalue weighted by molar-refractivity contribution is 7.21. The number of aliphatic hydroxyl groups is 1. The molecular formula is C30H32N6O2S. The third kappa shape index (κ3) is 4.74. The maximum absolute atomic E-state index is 9.70. The fraction of sp³-hybridized carbons (Fsp3) is 0.400. The van der Waals surface area contributed by atoms with Crippen LogP contribution in [0.2, 0.25) is 0 Å². The van der Waals surface area contributed by atoms with Gasteiger partial charge in [-0.15, -0.1) is 11.3 Å². The number of aliphatic hydroxyl groups excluding tert-OH is 1. The summed E-state index contributed by atoms with van der Waals surface area (Å²) in [5.74, 6) is 3.02. The molecule has 2 saturated carbocycles. The van der Waals surface area contributed by atoms with Crippen LogP contribution in [-0.4, -0.2) is 37.7 Å². The minimum Gasteiger partial charge on any atom is -0.459 e. The number of fused-ring (bicyclic) bond motifs is 2. The van der Waals surface area contributed by atoms with E-state index >= 15 is 0 Å². The molecule has 9 heteroatoms. The Balaban J connectivity index is 1.25. The molecule has 0 saturated heterocycles. The summed E-state index contributed by atoms with van der Waals surface area (Å²) in [6.45, 7) is 4.31. The molecule has 39 heavy (non-hydrogen) atoms. The van der Waals surface area contributed by atoms with Gasteiger partial charge in [0, 0.05) is 30.1 Å². The molecule has 2 aliphatic rings. The number of aryl methyl sites for hydroxylation is 1. The molecule has 7 rings (SSSR count). The summed E-state index contributed by atoms with van der Waals surface area (Å²) in [4.78, 5) is 19.6. The Labute approximate surface area is 230 Å². The monoisotopic (exact) mass is 540 g/mol. The zero-order chi connectivity index (χ0) is 26.5. The minimum absolute atomic E-state index is 0.115. The van der Waals surface area contributed by atoms with Crippen LogP contribution >= 0.6 is 11.3 Å². The first kappa shape index (κ1) is 24.5. The molecular weight excluding hydrogens is 508 g/mol. The number of aromatic nitrogens is 4. The normalized spacial score (nSPS) is 20.1. The van der Waals surface area contributed by atoms with Crippen molar-refractivity contribution < 1.29 is 9.52 Å². The number of hydrogen-bond acceptors (Lipinski definition) is 9. The number of nitrogens with zero attached hydrogens (tertiary/aromatic N) is 4. The highest BCUT2D eigenvalue weighted by Gasteiger charge is 2.30. The van der Waals surface area contributed by atoms with E-state index in [1.807, 2.05) is 31.3 Å². The Morgan fingerprint density at radius 2 is 1.97 bits per heavy atom. The van der Waals surface area contributed by atoms with Crippen molar-refractivity contribution in [3.8, 4) is 10.6 Å². The largest absolute Gasteiger partial charge is 0.459 e. The van der Waals surface area contributed by atoms with Crippen molar-refractivity contribution in [2.45, 2.75) is 64.0 Å². The average Bonchev–Trinajstić information content (AvgIpc) is 3.32. The van der Waals surface area contributed by atoms with E-state index in [4.69, 9.17) is 19.4 Å². The lowest BCUT2D eigenvalue weighted by atomic mass is 10.1. The number of hydrogen-bond donors (Lipinski definition) is 3. The van der Waals surface area contributed by atoms with Crippen molar-refractivity contribution in [3.63, 3.8) is 0 Å². The van der Waals surface area contributed by atoms with Gasteiger partial charge in [0.15, 0.2) is 0 Å². The molecule has 2 fully saturated rings. The molecule has 2 aliphatic carbocycles. The number of nitrogens with one attached hydrogen (secondary N) is 2. The summed E-state index contributed by atoms with van der Waals surface area (Å²) < 4.78 is 7.23. The Morgan fingerprint density at radius 3 is 2.77 bits per heavy atom. The number of pyridine rings is 1. The van der Waals surface area contributed by atoms with Crippen molar-refractivity contribution in [2.24, 2.45) is 5.92 Å². The van der Waals surface area contributed by atoms with Crippen LogP contribution in [0.15, 0.2) is 47.0 Å². The molecule has 3 unspecified atom stereocenters. The van der Waals surface area contributed by atoms with Crippen molar-refractivity contribution in [1.82, 2.24) is 19.9 Å². The van der Waals surface area contributed by atoms with Gasteiger partial charge in [0.2, 0.25) is 5.95 Å². The Hall–Kier alpha value is -3.56. The van der Waals surface area contributed by atoms with E-state index in [0.717, 1.165) is 74.0 Å². The van der Waals surface area contributed by atoms with Crippen molar-refractivity contribution >= 4 is 44.3 Å². The van der Waals surface area contributed by atoms with Crippen LogP contribution in [0.4, 0.5) is 11.8 Å². The maximum Gasteiger partial charge on any atom is 0.225 e. The molecule has 4 heterocycles. The van der Waals surface area contributed by atoms with Gasteiger partial charge in [-0.25, -0.2) is 9.97 Å². The number of anilines is 2. The van der Waals surface area contributed by atoms with Crippen LogP contribution < -0.4 is 10.6 Å². The maximum atomic E-state index is 9.70. The van der Waals surface area contributed by atoms with Crippen molar-refractivity contribution in [1.29, 1.82) is 0 Å². The third-order valence-corrected chi connectivity index (χ3v) is 9.00. The number of benzene rings is 1. The highest BCUT2D eigenvalue weighted by Crippen LogP contribution is 2.44. The summed E-state index contributed by atoms with van der Waals surface area (Å²) in [6, 6.07) is 12.3. The van der Waals surface area contributed by atoms with E-state index < -0.39 is 0 Å². The molecule has 8 nitrogen and oxygen atoms in total. The predicted molar refractivity (Wildman–Crippen MR) is 155 cm³/mol. The highest BCUT2D eigenvalue weighted by atomic mass is 32.1. The first-order valence-corrected chi connectivity index (χ1v) is 14.6. The Morgan fingerprint density at radius 1 is 1.10 bits per heavy atom. The van der Waals surface area contributed by atoms with Gasteiger partial charge in [0.05, 0.1) is 27.7 Å². The number of para-hydroxylation sites is 1. The van der Waals surface area contributed by atoms with Gasteiger partial charge in [0.25, 0.3) is 0 Å². The molecule has 4 aromatic heterocycles. The van der Waals surface area contributed by atoms with Gasteiger partial charge < -0.3 is 20.2 Å². The quantitative estimate of drug-likeness (QED) is 0.197. The number of furan rings is 1. The van der Waals surface area contributed by atoms with E-state index in [9.17, 15) is 5.11 Å². The van der Waals surface area contributed by atoms with Crippen molar-refractivity contribution in [2.75, 3.05) is 17.2 Å². The molecule has 1 aromatic carbocycles. The standard InChI is InChI=1S/C30H32N6O2S/c1-16(23-14-20-5-3-4-6-22(20)38-23)32-30-33-17(2)25(28(36-30)34-21-10-7-18(13-21)15-37)29-35-27-24(39-29)11-12-31-26(27)19-8-9-19/h3-6,11-12,14,16,18-19,21,37H,7-10,13,15H2,1-2H3,(H2,32,33,34,36). The molecule has 200 valence electrons. The second kappa shape index (κ2) is 9.88. The van der Waals surface area contributed by atoms with Crippen LogP contribution in [0.1, 0.15) is 68.1 Å². The summed E-state index contributed by atoms with van der Waals surface area (Å²) in [7, 11) is 0. The van der Waals surface area contributed by atoms with Crippen LogP contribution in [0.25, 0.3) is 31.8 Å². The second-order valence-corrected chi connectivity index (χ2v) is 12.0. The predicted octanol–water partition coefficient (Wildman–Crippen LogP) is 6.83. The zero-order valence-electron chi connectivity index (χ0n) is 22.1. The third-order valence-electron chi connectivity index (χ3n) is 7.96. The molecule has 0 spiro atoms. The average molecular weight is 541 g/mol. The summed E-state index contributed by atoms with van der Waals surface area (Å²) >= 11 is 1.67. The lowest BCUT2D eigenvalue weighted by Gasteiger charge is -2.19. The van der Waals surface area contributed by atoms with Crippen LogP contribution in [-0.2, 0) is 0 Å². The first-order chi connectivity index (χ1) is 19.1. The Bertz CT molecular complexity index is 1630. The van der Waals surface area contributed by atoms with E-state index in [0.29, 0.717) is 17.8 Å². The molecule has 0 amide bonds. The first-order valence-electron chi connectivity index (χ1n) is 13.8. The molecule has 3 atom stereocenters. The van der Waals surface area contributed by atoms with Crippen molar-refractivity contribution in [3.05, 3.63) is 59.7 Å². The van der Waals surface area contributed by atoms with Crippen LogP contribution in [0, 0.1) is 12.8 Å². The summed E-state index contributed by atoms with van der Waals surface area (Å²) in [6.07, 6.45) is 7.21. The van der Waals surface area contributed by atoms with E-state index in [1.54, 1.807) is 11.3 Å². The minimum atomic E-state index is -0.115. The van der Waals surface area contributed by atoms with E-state index in [2.05, 4.69) is 40.7 Å². The Kier molecular flexibility index (Phi) is 6.20. The SMILES string of the molecule is Cc1nc(NC(C)c2cc3ccccc3o2)nc(NC2CCC(CO)C2)c1-c1nc2c(C3CC3)nccc2s1. The van der Waals surface area contributed by atoms with Crippen LogP contribution in [0.3, 0.4) is 0 Å². The van der Waals surface area contributed by atoms with Gasteiger partial charge >= 0.3 is 0 Å². The molecule has 5 aromatic rings. The summed E-state index contributed by atoms with van der Waals surface area (Å²) in [5, 5.41) is 18.9. The second-order valence-electron chi connectivity index (χ2n) is 10.9. The van der Waals surface area contributed by atoms with Gasteiger partial charge in [-0.05, 0) is 70.1 Å². The topological polar surface area (TPSA) is 109 Å². The lowest BCUT2D eigenvalue weighted by Crippen LogP contribution is -2.19. The zero-order valence-corrected chi connectivity index (χ0v) is 23.0. The fourth-order valence-corrected chi connectivity index (χ4v) is 6.75. The van der Waals surface area contributed by atoms with Gasteiger partial charge in [-0.2, -0.15) is 4.98 Å². The molecule has 3 N–H and O–H groups in total. The van der Waals surface area contributed by atoms with Gasteiger partial charge in [0.1, 0.15) is 27.7 Å².